The third kappa shape index (κ3) is 3.50. The lowest BCUT2D eigenvalue weighted by molar-refractivity contribution is 1.60. The van der Waals surface area contributed by atoms with Gasteiger partial charge in [-0.3, -0.25) is 0 Å². The third-order valence-electron chi connectivity index (χ3n) is 3.88. The average molecular weight is 342 g/mol. The molecule has 0 fully saturated rings. The number of hydrogen-bond donors (Lipinski definition) is 0. The smallest absolute Gasteiger partial charge is 0.0623 e. The number of rotatable bonds is 2. The SMILES string of the molecule is [2H]c1c([2H])c([2H])c(-c2c([2H])c([2H])c([2H])c(-c3cccccccc4ccccc34)c2[2H])c([2H])c1[2H]. The summed E-state index contributed by atoms with van der Waals surface area (Å²) in [5.41, 5.74) is -0.0995. The van der Waals surface area contributed by atoms with E-state index in [9.17, 15) is 0 Å². The van der Waals surface area contributed by atoms with Crippen molar-refractivity contribution in [2.75, 3.05) is 0 Å². The van der Waals surface area contributed by atoms with Crippen molar-refractivity contribution in [3.05, 3.63) is 121 Å². The first-order valence-electron chi connectivity index (χ1n) is 12.7. The van der Waals surface area contributed by atoms with Gasteiger partial charge in [-0.2, -0.15) is 0 Å². The van der Waals surface area contributed by atoms with E-state index in [2.05, 4.69) is 0 Å². The summed E-state index contributed by atoms with van der Waals surface area (Å²) in [7, 11) is 0. The van der Waals surface area contributed by atoms with Crippen molar-refractivity contribution in [1.29, 1.82) is 0 Å². The minimum Gasteiger partial charge on any atom is -0.0623 e. The zero-order valence-corrected chi connectivity index (χ0v) is 13.9. The van der Waals surface area contributed by atoms with E-state index in [0.29, 0.717) is 10.9 Å². The third-order valence-corrected chi connectivity index (χ3v) is 3.88. The zero-order valence-electron chi connectivity index (χ0n) is 22.9. The van der Waals surface area contributed by atoms with Crippen LogP contribution >= 0.6 is 0 Å². The van der Waals surface area contributed by atoms with Crippen LogP contribution in [-0.2, 0) is 0 Å². The topological polar surface area (TPSA) is 0 Å². The monoisotopic (exact) mass is 341 g/mol. The van der Waals surface area contributed by atoms with Gasteiger partial charge >= 0.3 is 0 Å². The second kappa shape index (κ2) is 7.67. The molecule has 0 atom stereocenters. The van der Waals surface area contributed by atoms with Crippen LogP contribution in [0.25, 0.3) is 33.0 Å². The molecule has 0 nitrogen and oxygen atoms in total. The Morgan fingerprint density at radius 3 is 1.96 bits per heavy atom. The fourth-order valence-electron chi connectivity index (χ4n) is 2.68. The standard InChI is InChI=1S/C26H20/c1-2-5-14-22-15-9-10-19-25(22)26(18-8-3-1)24-17-11-16-23(20-24)21-12-6-4-7-13-21/h1-20H/i4D,6D,7D,11D,12D,13D,16D,17D,20D. The van der Waals surface area contributed by atoms with E-state index in [1.807, 2.05) is 48.5 Å². The van der Waals surface area contributed by atoms with E-state index >= 15 is 0 Å². The van der Waals surface area contributed by atoms with Crippen LogP contribution in [0.1, 0.15) is 12.3 Å². The van der Waals surface area contributed by atoms with Crippen LogP contribution in [-0.4, -0.2) is 0 Å². The minimum absolute atomic E-state index is 0.0443. The fourth-order valence-corrected chi connectivity index (χ4v) is 2.68. The maximum Gasteiger partial charge on any atom is 0.0636 e. The van der Waals surface area contributed by atoms with Gasteiger partial charge in [-0.1, -0.05) is 115 Å². The summed E-state index contributed by atoms with van der Waals surface area (Å²) in [6.07, 6.45) is 0. The van der Waals surface area contributed by atoms with Gasteiger partial charge in [0, 0.05) is 0 Å². The van der Waals surface area contributed by atoms with Gasteiger partial charge < -0.3 is 0 Å². The van der Waals surface area contributed by atoms with Crippen LogP contribution in [0.3, 0.4) is 0 Å². The molecular weight excluding hydrogens is 312 g/mol. The van der Waals surface area contributed by atoms with Gasteiger partial charge in [0.2, 0.25) is 0 Å². The van der Waals surface area contributed by atoms with E-state index in [1.54, 1.807) is 18.2 Å². The van der Waals surface area contributed by atoms with Gasteiger partial charge in [-0.05, 0) is 39.1 Å². The van der Waals surface area contributed by atoms with E-state index in [1.165, 1.54) is 0 Å². The van der Waals surface area contributed by atoms with E-state index in [0.717, 1.165) is 5.39 Å². The van der Waals surface area contributed by atoms with Crippen molar-refractivity contribution in [3.8, 4) is 22.3 Å². The molecule has 26 heavy (non-hydrogen) atoms. The molecular formula is C26H20. The van der Waals surface area contributed by atoms with Gasteiger partial charge in [0.05, 0.1) is 12.3 Å². The van der Waals surface area contributed by atoms with Gasteiger partial charge in [0.25, 0.3) is 0 Å². The highest BCUT2D eigenvalue weighted by Crippen LogP contribution is 2.30. The molecule has 0 aromatic heterocycles. The summed E-state index contributed by atoms with van der Waals surface area (Å²) in [6, 6.07) is 15.4. The quantitative estimate of drug-likeness (QED) is 0.359. The van der Waals surface area contributed by atoms with Gasteiger partial charge in [0.15, 0.2) is 0 Å². The van der Waals surface area contributed by atoms with Crippen molar-refractivity contribution >= 4 is 10.8 Å². The lowest BCUT2D eigenvalue weighted by atomic mass is 9.96. The van der Waals surface area contributed by atoms with Crippen LogP contribution in [0.15, 0.2) is 121 Å². The van der Waals surface area contributed by atoms with Gasteiger partial charge in [-0.15, -0.1) is 0 Å². The summed E-state index contributed by atoms with van der Waals surface area (Å²) in [4.78, 5) is 0. The highest BCUT2D eigenvalue weighted by atomic mass is 14.1. The summed E-state index contributed by atoms with van der Waals surface area (Å²) in [5.74, 6) is 0. The van der Waals surface area contributed by atoms with Crippen LogP contribution < -0.4 is 0 Å². The van der Waals surface area contributed by atoms with Crippen molar-refractivity contribution in [1.82, 2.24) is 0 Å². The van der Waals surface area contributed by atoms with Crippen LogP contribution in [0.2, 0.25) is 0 Å². The van der Waals surface area contributed by atoms with Crippen molar-refractivity contribution in [2.24, 2.45) is 0 Å². The molecule has 0 aliphatic carbocycles. The Morgan fingerprint density at radius 1 is 0.500 bits per heavy atom. The predicted octanol–water partition coefficient (Wildman–Crippen LogP) is 7.30. The molecule has 124 valence electrons. The molecule has 0 bridgehead atoms. The van der Waals surface area contributed by atoms with Crippen molar-refractivity contribution in [2.45, 2.75) is 0 Å². The van der Waals surface area contributed by atoms with Crippen LogP contribution in [0.4, 0.5) is 0 Å². The molecule has 0 heterocycles. The normalized spacial score (nSPS) is 15.2. The minimum atomic E-state index is -0.592. The van der Waals surface area contributed by atoms with E-state index < -0.39 is 42.3 Å². The Morgan fingerprint density at radius 2 is 1.12 bits per heavy atom. The van der Waals surface area contributed by atoms with Crippen molar-refractivity contribution < 1.29 is 12.3 Å². The van der Waals surface area contributed by atoms with E-state index in [-0.39, 0.29) is 28.8 Å². The average Bonchev–Trinajstić information content (AvgIpc) is 2.86. The molecule has 0 aliphatic heterocycles. The fraction of sp³-hybridized carbons (Fsp3) is 0. The molecule has 4 rings (SSSR count). The maximum atomic E-state index is 9.00. The Balaban J connectivity index is 2.23. The molecule has 0 N–H and O–H groups in total. The molecule has 0 aliphatic rings. The lowest BCUT2D eigenvalue weighted by Crippen LogP contribution is -1.82. The Labute approximate surface area is 167 Å². The number of fused-ring (bicyclic) bond motifs is 1. The van der Waals surface area contributed by atoms with Gasteiger partial charge in [0.1, 0.15) is 0 Å². The molecule has 4 aromatic rings. The van der Waals surface area contributed by atoms with E-state index in [4.69, 9.17) is 12.3 Å². The van der Waals surface area contributed by atoms with Crippen LogP contribution in [0.5, 0.6) is 0 Å². The first-order chi connectivity index (χ1) is 16.7. The summed E-state index contributed by atoms with van der Waals surface area (Å²) in [6.45, 7) is 0. The molecule has 0 unspecified atom stereocenters. The predicted molar refractivity (Wildman–Crippen MR) is 112 cm³/mol. The molecule has 0 saturated heterocycles. The summed E-state index contributed by atoms with van der Waals surface area (Å²) < 4.78 is 75.2. The second-order valence-corrected chi connectivity index (χ2v) is 5.55. The molecule has 0 radical (unpaired) electrons. The van der Waals surface area contributed by atoms with Crippen molar-refractivity contribution in [3.63, 3.8) is 0 Å². The molecule has 0 heteroatoms. The molecule has 0 saturated carbocycles. The zero-order chi connectivity index (χ0) is 25.4. The molecule has 0 amide bonds. The largest absolute Gasteiger partial charge is 0.0636 e. The summed E-state index contributed by atoms with van der Waals surface area (Å²) in [5, 5.41) is 1.50. The van der Waals surface area contributed by atoms with Crippen LogP contribution in [0, 0.1) is 0 Å². The first-order valence-corrected chi connectivity index (χ1v) is 8.15. The summed E-state index contributed by atoms with van der Waals surface area (Å²) >= 11 is 0. The van der Waals surface area contributed by atoms with Gasteiger partial charge in [-0.25, -0.2) is 0 Å². The first kappa shape index (κ1) is 8.82. The Bertz CT molecular complexity index is 1510. The Hall–Kier alpha value is -3.38. The molecule has 0 spiro atoms. The highest BCUT2D eigenvalue weighted by molar-refractivity contribution is 5.96. The Kier molecular flexibility index (Phi) is 2.60. The maximum absolute atomic E-state index is 9.00. The second-order valence-electron chi connectivity index (χ2n) is 5.55. The number of hydrogen-bond acceptors (Lipinski definition) is 0. The highest BCUT2D eigenvalue weighted by Gasteiger charge is 2.03. The molecule has 4 aromatic carbocycles. The number of benzene rings is 3. The lowest BCUT2D eigenvalue weighted by Gasteiger charge is -2.08.